The van der Waals surface area contributed by atoms with Gasteiger partial charge in [0.1, 0.15) is 0 Å². The van der Waals surface area contributed by atoms with E-state index in [0.29, 0.717) is 6.54 Å². The van der Waals surface area contributed by atoms with Gasteiger partial charge in [-0.15, -0.1) is 0 Å². The SMILES string of the molecule is Cc1cc(Cl)ccc1C(CN)N(C)Cc1ccsc1. The second-order valence-corrected chi connectivity index (χ2v) is 6.02. The molecule has 1 aromatic carbocycles. The van der Waals surface area contributed by atoms with Gasteiger partial charge in [-0.2, -0.15) is 11.3 Å². The first kappa shape index (κ1) is 14.5. The Bertz CT molecular complexity index is 525. The number of benzene rings is 1. The van der Waals surface area contributed by atoms with Gasteiger partial charge in [0.2, 0.25) is 0 Å². The molecular formula is C15H19ClN2S. The monoisotopic (exact) mass is 294 g/mol. The summed E-state index contributed by atoms with van der Waals surface area (Å²) in [7, 11) is 2.11. The molecule has 1 heterocycles. The van der Waals surface area contributed by atoms with Crippen molar-refractivity contribution in [2.75, 3.05) is 13.6 Å². The van der Waals surface area contributed by atoms with Gasteiger partial charge in [-0.05, 0) is 59.6 Å². The first-order valence-electron chi connectivity index (χ1n) is 6.29. The number of aryl methyl sites for hydroxylation is 1. The van der Waals surface area contributed by atoms with Gasteiger partial charge in [0.15, 0.2) is 0 Å². The van der Waals surface area contributed by atoms with E-state index in [1.54, 1.807) is 11.3 Å². The van der Waals surface area contributed by atoms with E-state index in [-0.39, 0.29) is 6.04 Å². The molecule has 19 heavy (non-hydrogen) atoms. The lowest BCUT2D eigenvalue weighted by atomic mass is 10.00. The van der Waals surface area contributed by atoms with E-state index in [9.17, 15) is 0 Å². The third-order valence-electron chi connectivity index (χ3n) is 3.36. The van der Waals surface area contributed by atoms with Crippen LogP contribution in [0.4, 0.5) is 0 Å². The molecule has 0 aliphatic carbocycles. The summed E-state index contributed by atoms with van der Waals surface area (Å²) < 4.78 is 0. The van der Waals surface area contributed by atoms with Crippen molar-refractivity contribution in [3.05, 3.63) is 56.7 Å². The molecule has 2 aromatic rings. The van der Waals surface area contributed by atoms with Crippen LogP contribution in [0.5, 0.6) is 0 Å². The standard InChI is InChI=1S/C15H19ClN2S/c1-11-7-13(16)3-4-14(11)15(8-17)18(2)9-12-5-6-19-10-12/h3-7,10,15H,8-9,17H2,1-2H3. The van der Waals surface area contributed by atoms with Crippen LogP contribution in [0.25, 0.3) is 0 Å². The number of nitrogens with zero attached hydrogens (tertiary/aromatic N) is 1. The highest BCUT2D eigenvalue weighted by Crippen LogP contribution is 2.26. The highest BCUT2D eigenvalue weighted by Gasteiger charge is 2.17. The Morgan fingerprint density at radius 3 is 2.74 bits per heavy atom. The summed E-state index contributed by atoms with van der Waals surface area (Å²) in [6.45, 7) is 3.60. The third-order valence-corrected chi connectivity index (χ3v) is 4.33. The Hall–Kier alpha value is -0.870. The average Bonchev–Trinajstić information content (AvgIpc) is 2.85. The summed E-state index contributed by atoms with van der Waals surface area (Å²) in [5.74, 6) is 0. The fraction of sp³-hybridized carbons (Fsp3) is 0.333. The van der Waals surface area contributed by atoms with E-state index in [2.05, 4.69) is 41.8 Å². The summed E-state index contributed by atoms with van der Waals surface area (Å²) in [4.78, 5) is 2.29. The number of likely N-dealkylation sites (N-methyl/N-ethyl adjacent to an activating group) is 1. The van der Waals surface area contributed by atoms with Crippen molar-refractivity contribution in [2.45, 2.75) is 19.5 Å². The van der Waals surface area contributed by atoms with Gasteiger partial charge in [0, 0.05) is 24.2 Å². The van der Waals surface area contributed by atoms with Crippen molar-refractivity contribution in [3.63, 3.8) is 0 Å². The fourth-order valence-electron chi connectivity index (χ4n) is 2.34. The van der Waals surface area contributed by atoms with Crippen LogP contribution in [-0.2, 0) is 6.54 Å². The summed E-state index contributed by atoms with van der Waals surface area (Å²) in [5.41, 5.74) is 9.75. The van der Waals surface area contributed by atoms with E-state index < -0.39 is 0 Å². The molecule has 0 fully saturated rings. The molecule has 0 saturated carbocycles. The molecule has 2 rings (SSSR count). The highest BCUT2D eigenvalue weighted by molar-refractivity contribution is 7.07. The van der Waals surface area contributed by atoms with E-state index in [4.69, 9.17) is 17.3 Å². The molecule has 0 saturated heterocycles. The molecule has 0 aliphatic rings. The first-order valence-corrected chi connectivity index (χ1v) is 7.61. The molecule has 2 N–H and O–H groups in total. The number of rotatable bonds is 5. The van der Waals surface area contributed by atoms with Gasteiger partial charge in [-0.1, -0.05) is 17.7 Å². The van der Waals surface area contributed by atoms with E-state index in [1.165, 1.54) is 16.7 Å². The molecule has 102 valence electrons. The molecule has 1 aromatic heterocycles. The van der Waals surface area contributed by atoms with Gasteiger partial charge >= 0.3 is 0 Å². The van der Waals surface area contributed by atoms with Crippen LogP contribution < -0.4 is 5.73 Å². The highest BCUT2D eigenvalue weighted by atomic mass is 35.5. The van der Waals surface area contributed by atoms with Crippen molar-refractivity contribution < 1.29 is 0 Å². The van der Waals surface area contributed by atoms with Crippen LogP contribution >= 0.6 is 22.9 Å². The van der Waals surface area contributed by atoms with Gasteiger partial charge in [0.05, 0.1) is 0 Å². The predicted molar refractivity (Wildman–Crippen MR) is 83.8 cm³/mol. The minimum absolute atomic E-state index is 0.220. The maximum Gasteiger partial charge on any atom is 0.0473 e. The molecule has 2 nitrogen and oxygen atoms in total. The number of nitrogens with two attached hydrogens (primary N) is 1. The third kappa shape index (κ3) is 3.57. The van der Waals surface area contributed by atoms with Crippen LogP contribution in [-0.4, -0.2) is 18.5 Å². The number of hydrogen-bond donors (Lipinski definition) is 1. The largest absolute Gasteiger partial charge is 0.329 e. The fourth-order valence-corrected chi connectivity index (χ4v) is 3.22. The van der Waals surface area contributed by atoms with Crippen molar-refractivity contribution in [3.8, 4) is 0 Å². The van der Waals surface area contributed by atoms with Gasteiger partial charge in [-0.3, -0.25) is 4.90 Å². The summed E-state index contributed by atoms with van der Waals surface area (Å²) >= 11 is 7.74. The second-order valence-electron chi connectivity index (χ2n) is 4.80. The molecule has 1 unspecified atom stereocenters. The molecule has 0 spiro atoms. The second kappa shape index (κ2) is 6.53. The maximum absolute atomic E-state index is 6.02. The summed E-state index contributed by atoms with van der Waals surface area (Å²) in [6.07, 6.45) is 0. The Morgan fingerprint density at radius 1 is 1.37 bits per heavy atom. The van der Waals surface area contributed by atoms with Gasteiger partial charge < -0.3 is 5.73 Å². The van der Waals surface area contributed by atoms with Gasteiger partial charge in [-0.25, -0.2) is 0 Å². The lowest BCUT2D eigenvalue weighted by Gasteiger charge is -2.28. The van der Waals surface area contributed by atoms with E-state index >= 15 is 0 Å². The Kier molecular flexibility index (Phi) is 4.99. The average molecular weight is 295 g/mol. The zero-order valence-corrected chi connectivity index (χ0v) is 12.8. The first-order chi connectivity index (χ1) is 9.11. The molecule has 4 heteroatoms. The topological polar surface area (TPSA) is 29.3 Å². The van der Waals surface area contributed by atoms with E-state index in [0.717, 1.165) is 11.6 Å². The Labute approximate surface area is 123 Å². The lowest BCUT2D eigenvalue weighted by molar-refractivity contribution is 0.241. The smallest absolute Gasteiger partial charge is 0.0473 e. The summed E-state index contributed by atoms with van der Waals surface area (Å²) in [6, 6.07) is 8.39. The minimum Gasteiger partial charge on any atom is -0.329 e. The van der Waals surface area contributed by atoms with Crippen molar-refractivity contribution in [2.24, 2.45) is 5.73 Å². The molecule has 0 amide bonds. The lowest BCUT2D eigenvalue weighted by Crippen LogP contribution is -2.30. The zero-order valence-electron chi connectivity index (χ0n) is 11.3. The van der Waals surface area contributed by atoms with Crippen molar-refractivity contribution in [1.82, 2.24) is 4.90 Å². The predicted octanol–water partition coefficient (Wildman–Crippen LogP) is 3.84. The molecular weight excluding hydrogens is 276 g/mol. The quantitative estimate of drug-likeness (QED) is 0.908. The minimum atomic E-state index is 0.220. The van der Waals surface area contributed by atoms with Crippen LogP contribution in [0.15, 0.2) is 35.0 Å². The van der Waals surface area contributed by atoms with Crippen LogP contribution in [0.3, 0.4) is 0 Å². The summed E-state index contributed by atoms with van der Waals surface area (Å²) in [5, 5.41) is 5.06. The molecule has 0 bridgehead atoms. The Balaban J connectivity index is 2.18. The normalized spacial score (nSPS) is 12.9. The molecule has 0 aliphatic heterocycles. The van der Waals surface area contributed by atoms with Crippen LogP contribution in [0, 0.1) is 6.92 Å². The zero-order chi connectivity index (χ0) is 13.8. The number of halogens is 1. The Morgan fingerprint density at radius 2 is 2.16 bits per heavy atom. The van der Waals surface area contributed by atoms with Crippen molar-refractivity contribution >= 4 is 22.9 Å². The number of thiophene rings is 1. The van der Waals surface area contributed by atoms with Crippen LogP contribution in [0.2, 0.25) is 5.02 Å². The maximum atomic E-state index is 6.02. The molecule has 0 radical (unpaired) electrons. The van der Waals surface area contributed by atoms with Crippen molar-refractivity contribution in [1.29, 1.82) is 0 Å². The van der Waals surface area contributed by atoms with Crippen LogP contribution in [0.1, 0.15) is 22.7 Å². The van der Waals surface area contributed by atoms with Gasteiger partial charge in [0.25, 0.3) is 0 Å². The molecule has 1 atom stereocenters. The van der Waals surface area contributed by atoms with E-state index in [1.807, 2.05) is 12.1 Å². The number of hydrogen-bond acceptors (Lipinski definition) is 3.